The van der Waals surface area contributed by atoms with Crippen LogP contribution in [0.4, 0.5) is 0 Å². The molecule has 96 valence electrons. The molecule has 0 saturated heterocycles. The van der Waals surface area contributed by atoms with Crippen molar-refractivity contribution in [2.45, 2.75) is 39.7 Å². The monoisotopic (exact) mass is 244 g/mol. The van der Waals surface area contributed by atoms with Gasteiger partial charge in [-0.15, -0.1) is 0 Å². The van der Waals surface area contributed by atoms with E-state index in [0.717, 1.165) is 12.0 Å². The highest BCUT2D eigenvalue weighted by Crippen LogP contribution is 2.14. The number of nitrogens with one attached hydrogen (secondary N) is 1. The Morgan fingerprint density at radius 2 is 2.00 bits per heavy atom. The maximum absolute atomic E-state index is 11.9. The Balaban J connectivity index is 2.64. The summed E-state index contributed by atoms with van der Waals surface area (Å²) in [5.74, 6) is -0.713. The van der Waals surface area contributed by atoms with Crippen molar-refractivity contribution >= 4 is 5.91 Å². The Bertz CT molecular complexity index is 431. The molecule has 18 heavy (non-hydrogen) atoms. The average molecular weight is 244 g/mol. The molecule has 1 N–H and O–H groups in total. The first kappa shape index (κ1) is 14.2. The van der Waals surface area contributed by atoms with E-state index in [2.05, 4.69) is 11.4 Å². The van der Waals surface area contributed by atoms with Crippen LogP contribution in [0.1, 0.15) is 43.9 Å². The number of nitriles is 1. The van der Waals surface area contributed by atoms with Gasteiger partial charge in [-0.1, -0.05) is 43.2 Å². The fourth-order valence-corrected chi connectivity index (χ4v) is 1.80. The van der Waals surface area contributed by atoms with Gasteiger partial charge in [-0.2, -0.15) is 5.26 Å². The third kappa shape index (κ3) is 3.89. The van der Waals surface area contributed by atoms with E-state index in [9.17, 15) is 4.79 Å². The molecule has 1 rings (SSSR count). The van der Waals surface area contributed by atoms with E-state index in [-0.39, 0.29) is 11.9 Å². The van der Waals surface area contributed by atoms with Gasteiger partial charge in [-0.3, -0.25) is 4.79 Å². The summed E-state index contributed by atoms with van der Waals surface area (Å²) >= 11 is 0. The van der Waals surface area contributed by atoms with Gasteiger partial charge in [0.05, 0.1) is 12.1 Å². The number of benzene rings is 1. The van der Waals surface area contributed by atoms with Crippen LogP contribution in [0.25, 0.3) is 0 Å². The van der Waals surface area contributed by atoms with Crippen LogP contribution < -0.4 is 5.32 Å². The Morgan fingerprint density at radius 1 is 1.39 bits per heavy atom. The van der Waals surface area contributed by atoms with Crippen molar-refractivity contribution in [1.82, 2.24) is 5.32 Å². The fraction of sp³-hybridized carbons (Fsp3) is 0.467. The largest absolute Gasteiger partial charge is 0.348 e. The van der Waals surface area contributed by atoms with Crippen molar-refractivity contribution in [1.29, 1.82) is 5.26 Å². The molecule has 3 heteroatoms. The zero-order valence-electron chi connectivity index (χ0n) is 11.2. The lowest BCUT2D eigenvalue weighted by molar-refractivity contribution is -0.124. The number of aryl methyl sites for hydroxylation is 1. The molecule has 0 aliphatic carbocycles. The van der Waals surface area contributed by atoms with Crippen molar-refractivity contribution in [3.05, 3.63) is 35.4 Å². The molecule has 2 atom stereocenters. The van der Waals surface area contributed by atoms with Crippen molar-refractivity contribution in [3.8, 4) is 6.07 Å². The van der Waals surface area contributed by atoms with E-state index < -0.39 is 5.92 Å². The Morgan fingerprint density at radius 3 is 2.50 bits per heavy atom. The summed E-state index contributed by atoms with van der Waals surface area (Å²) in [7, 11) is 0. The van der Waals surface area contributed by atoms with Gasteiger partial charge >= 0.3 is 0 Å². The first-order valence-electron chi connectivity index (χ1n) is 6.35. The number of nitrogens with zero attached hydrogens (tertiary/aromatic N) is 1. The van der Waals surface area contributed by atoms with Crippen LogP contribution >= 0.6 is 0 Å². The normalized spacial score (nSPS) is 13.4. The van der Waals surface area contributed by atoms with Gasteiger partial charge in [0.2, 0.25) is 5.91 Å². The Kier molecular flexibility index (Phi) is 5.38. The minimum Gasteiger partial charge on any atom is -0.348 e. The summed E-state index contributed by atoms with van der Waals surface area (Å²) in [6.07, 6.45) is 1.45. The van der Waals surface area contributed by atoms with Gasteiger partial charge in [0.25, 0.3) is 0 Å². The summed E-state index contributed by atoms with van der Waals surface area (Å²) in [6, 6.07) is 10.0. The zero-order chi connectivity index (χ0) is 13.5. The molecule has 0 aliphatic rings. The average Bonchev–Trinajstić information content (AvgIpc) is 2.36. The van der Waals surface area contributed by atoms with E-state index in [4.69, 9.17) is 5.26 Å². The fourth-order valence-electron chi connectivity index (χ4n) is 1.80. The van der Waals surface area contributed by atoms with Crippen LogP contribution in [0, 0.1) is 24.2 Å². The molecule has 0 spiro atoms. The lowest BCUT2D eigenvalue weighted by atomic mass is 10.0. The van der Waals surface area contributed by atoms with Crippen molar-refractivity contribution in [2.75, 3.05) is 0 Å². The minimum absolute atomic E-state index is 0.0641. The van der Waals surface area contributed by atoms with Crippen LogP contribution in [0.5, 0.6) is 0 Å². The molecule has 3 nitrogen and oxygen atoms in total. The van der Waals surface area contributed by atoms with Gasteiger partial charge in [0, 0.05) is 0 Å². The molecule has 0 bridgehead atoms. The highest BCUT2D eigenvalue weighted by molar-refractivity contribution is 5.81. The molecule has 2 unspecified atom stereocenters. The zero-order valence-corrected chi connectivity index (χ0v) is 11.2. The second-order valence-electron chi connectivity index (χ2n) is 4.61. The lowest BCUT2D eigenvalue weighted by Gasteiger charge is -2.16. The molecule has 1 amide bonds. The molecular weight excluding hydrogens is 224 g/mol. The molecule has 0 aliphatic heterocycles. The third-order valence-electron chi connectivity index (χ3n) is 2.99. The first-order valence-corrected chi connectivity index (χ1v) is 6.35. The summed E-state index contributed by atoms with van der Waals surface area (Å²) in [6.45, 7) is 5.93. The summed E-state index contributed by atoms with van der Waals surface area (Å²) in [5.41, 5.74) is 2.25. The topological polar surface area (TPSA) is 52.9 Å². The van der Waals surface area contributed by atoms with E-state index >= 15 is 0 Å². The molecule has 1 aromatic rings. The highest BCUT2D eigenvalue weighted by Gasteiger charge is 2.18. The number of carbonyl (C=O) groups excluding carboxylic acids is 1. The Hall–Kier alpha value is -1.82. The molecule has 0 saturated carbocycles. The van der Waals surface area contributed by atoms with Crippen LogP contribution in [-0.4, -0.2) is 5.91 Å². The third-order valence-corrected chi connectivity index (χ3v) is 2.99. The molecule has 0 fully saturated rings. The number of hydrogen-bond donors (Lipinski definition) is 1. The van der Waals surface area contributed by atoms with Gasteiger partial charge in [0.15, 0.2) is 0 Å². The number of carbonyl (C=O) groups is 1. The standard InChI is InChI=1S/C15H20N2O/c1-4-5-14(10-16)15(18)17-12(3)13-8-6-11(2)7-9-13/h6-9,12,14H,4-5H2,1-3H3,(H,17,18). The van der Waals surface area contributed by atoms with Crippen molar-refractivity contribution in [3.63, 3.8) is 0 Å². The predicted octanol–water partition coefficient (Wildman–Crippen LogP) is 3.11. The Labute approximate surface area is 109 Å². The van der Waals surface area contributed by atoms with E-state index in [1.165, 1.54) is 5.56 Å². The molecule has 1 aromatic carbocycles. The van der Waals surface area contributed by atoms with Crippen LogP contribution in [-0.2, 0) is 4.79 Å². The minimum atomic E-state index is -0.539. The summed E-state index contributed by atoms with van der Waals surface area (Å²) in [5, 5.41) is 11.8. The quantitative estimate of drug-likeness (QED) is 0.865. The molecular formula is C15H20N2O. The number of amides is 1. The first-order chi connectivity index (χ1) is 8.58. The van der Waals surface area contributed by atoms with Gasteiger partial charge in [-0.05, 0) is 25.8 Å². The maximum Gasteiger partial charge on any atom is 0.237 e. The molecule has 0 aromatic heterocycles. The maximum atomic E-state index is 11.9. The van der Waals surface area contributed by atoms with E-state index in [0.29, 0.717) is 6.42 Å². The van der Waals surface area contributed by atoms with Crippen LogP contribution in [0.15, 0.2) is 24.3 Å². The predicted molar refractivity (Wildman–Crippen MR) is 71.7 cm³/mol. The second kappa shape index (κ2) is 6.80. The summed E-state index contributed by atoms with van der Waals surface area (Å²) < 4.78 is 0. The second-order valence-corrected chi connectivity index (χ2v) is 4.61. The van der Waals surface area contributed by atoms with E-state index in [1.54, 1.807) is 0 Å². The smallest absolute Gasteiger partial charge is 0.237 e. The highest BCUT2D eigenvalue weighted by atomic mass is 16.1. The van der Waals surface area contributed by atoms with Crippen LogP contribution in [0.3, 0.4) is 0 Å². The van der Waals surface area contributed by atoms with Crippen molar-refractivity contribution in [2.24, 2.45) is 5.92 Å². The molecule has 0 radical (unpaired) electrons. The van der Waals surface area contributed by atoms with Gasteiger partial charge < -0.3 is 5.32 Å². The SMILES string of the molecule is CCCC(C#N)C(=O)NC(C)c1ccc(C)cc1. The number of hydrogen-bond acceptors (Lipinski definition) is 2. The van der Waals surface area contributed by atoms with Crippen molar-refractivity contribution < 1.29 is 4.79 Å². The molecule has 0 heterocycles. The van der Waals surface area contributed by atoms with Gasteiger partial charge in [-0.25, -0.2) is 0 Å². The van der Waals surface area contributed by atoms with Crippen LogP contribution in [0.2, 0.25) is 0 Å². The van der Waals surface area contributed by atoms with Gasteiger partial charge in [0.1, 0.15) is 5.92 Å². The van der Waals surface area contributed by atoms with E-state index in [1.807, 2.05) is 45.0 Å². The summed E-state index contributed by atoms with van der Waals surface area (Å²) in [4.78, 5) is 11.9. The lowest BCUT2D eigenvalue weighted by Crippen LogP contribution is -2.32. The number of rotatable bonds is 5.